The van der Waals surface area contributed by atoms with Crippen LogP contribution < -0.4 is 0 Å². The van der Waals surface area contributed by atoms with Gasteiger partial charge in [-0.25, -0.2) is 0 Å². The Kier molecular flexibility index (Phi) is 2.75. The summed E-state index contributed by atoms with van der Waals surface area (Å²) >= 11 is 3.94. The van der Waals surface area contributed by atoms with Crippen molar-refractivity contribution in [2.24, 2.45) is 5.92 Å². The van der Waals surface area contributed by atoms with Crippen LogP contribution in [0.4, 0.5) is 0 Å². The van der Waals surface area contributed by atoms with Crippen LogP contribution in [0.15, 0.2) is 0 Å². The van der Waals surface area contributed by atoms with E-state index in [1.807, 2.05) is 0 Å². The minimum atomic E-state index is -0.693. The van der Waals surface area contributed by atoms with E-state index in [1.165, 1.54) is 13.8 Å². The number of ketones is 1. The first kappa shape index (κ1) is 10.2. The molecule has 0 aromatic rings. The molecule has 5 heteroatoms. The van der Waals surface area contributed by atoms with Crippen molar-refractivity contribution in [2.75, 3.05) is 5.75 Å². The smallest absolute Gasteiger partial charge is 0.240 e. The van der Waals surface area contributed by atoms with Crippen LogP contribution in [-0.2, 0) is 14.4 Å². The van der Waals surface area contributed by atoms with Crippen LogP contribution in [0.2, 0.25) is 0 Å². The van der Waals surface area contributed by atoms with E-state index in [4.69, 9.17) is 0 Å². The molecule has 2 unspecified atom stereocenters. The molecule has 4 nitrogen and oxygen atoms in total. The predicted molar refractivity (Wildman–Crippen MR) is 49.3 cm³/mol. The van der Waals surface area contributed by atoms with Gasteiger partial charge in [-0.2, -0.15) is 12.6 Å². The van der Waals surface area contributed by atoms with Gasteiger partial charge in [-0.05, 0) is 6.92 Å². The lowest BCUT2D eigenvalue weighted by molar-refractivity contribution is -0.143. The van der Waals surface area contributed by atoms with Crippen molar-refractivity contribution >= 4 is 30.2 Å². The summed E-state index contributed by atoms with van der Waals surface area (Å²) in [5.74, 6) is -1.50. The number of Topliss-reactive ketones (excluding diaryl/α,β-unsaturated/α-hetero) is 1. The molecule has 0 spiro atoms. The fourth-order valence-electron chi connectivity index (χ4n) is 1.45. The summed E-state index contributed by atoms with van der Waals surface area (Å²) in [7, 11) is 0. The number of hydrogen-bond acceptors (Lipinski definition) is 4. The zero-order valence-electron chi connectivity index (χ0n) is 7.48. The van der Waals surface area contributed by atoms with Crippen molar-refractivity contribution in [3.63, 3.8) is 0 Å². The van der Waals surface area contributed by atoms with Gasteiger partial charge in [0.15, 0.2) is 5.78 Å². The number of likely N-dealkylation sites (tertiary alicyclic amines) is 1. The molecule has 0 aliphatic carbocycles. The molecule has 1 aliphatic heterocycles. The lowest BCUT2D eigenvalue weighted by atomic mass is 10.1. The summed E-state index contributed by atoms with van der Waals surface area (Å²) < 4.78 is 0. The number of nitrogens with zero attached hydrogens (tertiary/aromatic N) is 1. The topological polar surface area (TPSA) is 54.5 Å². The van der Waals surface area contributed by atoms with E-state index in [9.17, 15) is 14.4 Å². The summed E-state index contributed by atoms with van der Waals surface area (Å²) in [6, 6.07) is -0.664. The second kappa shape index (κ2) is 3.49. The summed E-state index contributed by atoms with van der Waals surface area (Å²) in [5, 5.41) is 0. The molecule has 1 fully saturated rings. The van der Waals surface area contributed by atoms with Gasteiger partial charge in [-0.1, -0.05) is 0 Å². The predicted octanol–water partition coefficient (Wildman–Crippen LogP) is -0.121. The zero-order valence-corrected chi connectivity index (χ0v) is 8.38. The average molecular weight is 201 g/mol. The Morgan fingerprint density at radius 3 is 2.38 bits per heavy atom. The molecule has 1 heterocycles. The number of carbonyl (C=O) groups is 3. The van der Waals surface area contributed by atoms with Crippen LogP contribution in [0, 0.1) is 5.92 Å². The van der Waals surface area contributed by atoms with Gasteiger partial charge in [0.05, 0.1) is 5.92 Å². The first-order valence-corrected chi connectivity index (χ1v) is 4.62. The molecule has 2 atom stereocenters. The van der Waals surface area contributed by atoms with Crippen molar-refractivity contribution in [2.45, 2.75) is 19.9 Å². The maximum absolute atomic E-state index is 11.4. The van der Waals surface area contributed by atoms with Crippen LogP contribution in [0.5, 0.6) is 0 Å². The molecule has 1 rings (SSSR count). The molecule has 0 radical (unpaired) electrons. The molecule has 0 saturated carbocycles. The normalized spacial score (nSPS) is 28.4. The first-order valence-electron chi connectivity index (χ1n) is 3.99. The molecule has 1 aliphatic rings. The van der Waals surface area contributed by atoms with Crippen molar-refractivity contribution in [3.8, 4) is 0 Å². The summed E-state index contributed by atoms with van der Waals surface area (Å²) in [6.07, 6.45) is 0. The quantitative estimate of drug-likeness (QED) is 0.475. The molecule has 2 amide bonds. The minimum Gasteiger partial charge on any atom is -0.296 e. The van der Waals surface area contributed by atoms with Crippen LogP contribution in [0.3, 0.4) is 0 Å². The lowest BCUT2D eigenvalue weighted by Gasteiger charge is -2.17. The Labute approximate surface area is 81.7 Å². The molecule has 72 valence electrons. The van der Waals surface area contributed by atoms with Crippen molar-refractivity contribution in [1.29, 1.82) is 0 Å². The fraction of sp³-hybridized carbons (Fsp3) is 0.625. The Morgan fingerprint density at radius 1 is 1.54 bits per heavy atom. The third kappa shape index (κ3) is 1.48. The largest absolute Gasteiger partial charge is 0.296 e. The second-order valence-electron chi connectivity index (χ2n) is 3.05. The molecular weight excluding hydrogens is 190 g/mol. The highest BCUT2D eigenvalue weighted by Gasteiger charge is 2.45. The number of imide groups is 1. The maximum atomic E-state index is 11.4. The number of carbonyl (C=O) groups excluding carboxylic acids is 3. The highest BCUT2D eigenvalue weighted by molar-refractivity contribution is 7.80. The summed E-state index contributed by atoms with van der Waals surface area (Å²) in [4.78, 5) is 34.8. The van der Waals surface area contributed by atoms with Crippen LogP contribution in [-0.4, -0.2) is 34.3 Å². The molecule has 0 N–H and O–H groups in total. The van der Waals surface area contributed by atoms with Crippen molar-refractivity contribution in [3.05, 3.63) is 0 Å². The summed E-state index contributed by atoms with van der Waals surface area (Å²) in [5.41, 5.74) is 0. The van der Waals surface area contributed by atoms with E-state index in [1.54, 1.807) is 0 Å². The Hall–Kier alpha value is -0.840. The average Bonchev–Trinajstić information content (AvgIpc) is 2.29. The minimum absolute atomic E-state index is 0.203. The van der Waals surface area contributed by atoms with Crippen molar-refractivity contribution < 1.29 is 14.4 Å². The molecule has 0 bridgehead atoms. The molecule has 0 aromatic heterocycles. The van der Waals surface area contributed by atoms with Gasteiger partial charge in [-0.15, -0.1) is 0 Å². The third-order valence-corrected chi connectivity index (χ3v) is 2.53. The Morgan fingerprint density at radius 2 is 2.08 bits per heavy atom. The third-order valence-electron chi connectivity index (χ3n) is 2.19. The van der Waals surface area contributed by atoms with Gasteiger partial charge >= 0.3 is 0 Å². The van der Waals surface area contributed by atoms with Crippen molar-refractivity contribution in [1.82, 2.24) is 4.90 Å². The first-order chi connectivity index (χ1) is 6.00. The Bertz CT molecular complexity index is 277. The lowest BCUT2D eigenvalue weighted by Crippen LogP contribution is -2.40. The fourth-order valence-corrected chi connectivity index (χ4v) is 1.79. The summed E-state index contributed by atoms with van der Waals surface area (Å²) in [6.45, 7) is 2.80. The van der Waals surface area contributed by atoms with Gasteiger partial charge in [-0.3, -0.25) is 19.3 Å². The standard InChI is InChI=1S/C8H11NO3S/c1-4-7(11)6(3-13)9(5(2)10)8(4)12/h4,6,13H,3H2,1-2H3. The molecular formula is C8H11NO3S. The van der Waals surface area contributed by atoms with Crippen LogP contribution in [0.25, 0.3) is 0 Å². The molecule has 13 heavy (non-hydrogen) atoms. The van der Waals surface area contributed by atoms with Gasteiger partial charge in [0.25, 0.3) is 0 Å². The van der Waals surface area contributed by atoms with Gasteiger partial charge in [0.1, 0.15) is 6.04 Å². The van der Waals surface area contributed by atoms with Gasteiger partial charge < -0.3 is 0 Å². The number of amides is 2. The number of rotatable bonds is 1. The Balaban J connectivity index is 3.01. The highest BCUT2D eigenvalue weighted by Crippen LogP contribution is 2.21. The van der Waals surface area contributed by atoms with E-state index in [0.29, 0.717) is 0 Å². The highest BCUT2D eigenvalue weighted by atomic mass is 32.1. The second-order valence-corrected chi connectivity index (χ2v) is 3.41. The number of hydrogen-bond donors (Lipinski definition) is 1. The van der Waals surface area contributed by atoms with E-state index in [0.717, 1.165) is 4.90 Å². The van der Waals surface area contributed by atoms with E-state index < -0.39 is 17.9 Å². The van der Waals surface area contributed by atoms with E-state index in [-0.39, 0.29) is 17.4 Å². The molecule has 1 saturated heterocycles. The van der Waals surface area contributed by atoms with Gasteiger partial charge in [0.2, 0.25) is 11.8 Å². The maximum Gasteiger partial charge on any atom is 0.240 e. The van der Waals surface area contributed by atoms with Crippen LogP contribution >= 0.6 is 12.6 Å². The molecule has 0 aromatic carbocycles. The monoisotopic (exact) mass is 201 g/mol. The van der Waals surface area contributed by atoms with E-state index >= 15 is 0 Å². The van der Waals surface area contributed by atoms with E-state index in [2.05, 4.69) is 12.6 Å². The van der Waals surface area contributed by atoms with Crippen LogP contribution in [0.1, 0.15) is 13.8 Å². The zero-order chi connectivity index (χ0) is 10.2. The number of thiol groups is 1. The van der Waals surface area contributed by atoms with Gasteiger partial charge in [0, 0.05) is 12.7 Å². The SMILES string of the molecule is CC(=O)N1C(=O)C(C)C(=O)C1CS.